The van der Waals surface area contributed by atoms with Gasteiger partial charge in [0.25, 0.3) is 0 Å². The van der Waals surface area contributed by atoms with Gasteiger partial charge in [0.15, 0.2) is 17.2 Å². The van der Waals surface area contributed by atoms with Crippen LogP contribution in [-0.4, -0.2) is 55.5 Å². The van der Waals surface area contributed by atoms with Gasteiger partial charge in [-0.2, -0.15) is 0 Å². The van der Waals surface area contributed by atoms with Crippen molar-refractivity contribution in [2.45, 2.75) is 63.8 Å². The summed E-state index contributed by atoms with van der Waals surface area (Å²) in [7, 11) is -4.93. The minimum Gasteiger partial charge on any atom is -0.390 e. The summed E-state index contributed by atoms with van der Waals surface area (Å²) in [5.41, 5.74) is -6.12. The molecule has 10 heteroatoms. The first-order chi connectivity index (χ1) is 14.6. The monoisotopic (exact) mass is 472 g/mol. The van der Waals surface area contributed by atoms with Gasteiger partial charge in [-0.3, -0.25) is 14.1 Å². The highest BCUT2D eigenvalue weighted by Gasteiger charge is 2.72. The van der Waals surface area contributed by atoms with E-state index in [9.17, 15) is 24.4 Å². The van der Waals surface area contributed by atoms with Crippen molar-refractivity contribution < 1.29 is 43.1 Å². The molecular weight excluding hydrogens is 442 g/mol. The van der Waals surface area contributed by atoms with Crippen LogP contribution in [0.25, 0.3) is 0 Å². The van der Waals surface area contributed by atoms with Crippen molar-refractivity contribution >= 4 is 19.4 Å². The Kier molecular flexibility index (Phi) is 5.34. The number of Topliss-reactive ketones (excluding diaryl/α,β-unsaturated/α-hetero) is 1. The average Bonchev–Trinajstić information content (AvgIpc) is 2.69. The first-order valence-electron chi connectivity index (χ1n) is 10.9. The third-order valence-corrected chi connectivity index (χ3v) is 9.28. The van der Waals surface area contributed by atoms with Crippen LogP contribution in [0.2, 0.25) is 0 Å². The van der Waals surface area contributed by atoms with Crippen molar-refractivity contribution in [2.75, 3.05) is 6.61 Å². The number of carbonyl (C=O) groups excluding carboxylic acids is 2. The van der Waals surface area contributed by atoms with E-state index in [2.05, 4.69) is 4.52 Å². The third kappa shape index (κ3) is 3.09. The number of halogens is 1. The summed E-state index contributed by atoms with van der Waals surface area (Å²) >= 11 is 0. The summed E-state index contributed by atoms with van der Waals surface area (Å²) in [5.74, 6) is -2.85. The maximum Gasteiger partial charge on any atom is 0.469 e. The summed E-state index contributed by atoms with van der Waals surface area (Å²) < 4.78 is 32.7. The maximum atomic E-state index is 17.0. The fourth-order valence-electron chi connectivity index (χ4n) is 6.94. The minimum atomic E-state index is -4.93. The summed E-state index contributed by atoms with van der Waals surface area (Å²) in [6.45, 7) is 3.97. The topological polar surface area (TPSA) is 141 Å². The zero-order valence-corrected chi connectivity index (χ0v) is 19.2. The van der Waals surface area contributed by atoms with Crippen molar-refractivity contribution in [3.05, 3.63) is 23.8 Å². The van der Waals surface area contributed by atoms with Gasteiger partial charge < -0.3 is 20.0 Å². The number of phosphoric ester groups is 1. The highest BCUT2D eigenvalue weighted by molar-refractivity contribution is 7.46. The predicted octanol–water partition coefficient (Wildman–Crippen LogP) is 2.01. The number of hydrogen-bond acceptors (Lipinski definition) is 6. The van der Waals surface area contributed by atoms with E-state index in [4.69, 9.17) is 9.79 Å². The van der Waals surface area contributed by atoms with E-state index in [1.807, 2.05) is 0 Å². The molecule has 4 N–H and O–H groups in total. The van der Waals surface area contributed by atoms with Gasteiger partial charge in [0.05, 0.1) is 12.7 Å². The quantitative estimate of drug-likeness (QED) is 0.457. The summed E-state index contributed by atoms with van der Waals surface area (Å²) in [4.78, 5) is 43.6. The van der Waals surface area contributed by atoms with Crippen LogP contribution in [0, 0.1) is 28.6 Å². The standard InChI is InChI=1S/C22H30FO8P/c1-12-8-16-15-5-4-13-9-14(24)6-7-20(13,3)22(15,23)17(25)10-19(16,2)18(26)21(12,27)11-31-32(28,29)30/h6-7,9,12,15-17,25,27H,4-5,8,10-11H2,1-3H3,(H2,28,29,30)/t12-,15-,16-,17-,19-,20-,21+,22-/m0/s1. The second-order valence-electron chi connectivity index (χ2n) is 10.4. The van der Waals surface area contributed by atoms with Gasteiger partial charge in [-0.15, -0.1) is 0 Å². The number of phosphoric acid groups is 1. The first kappa shape index (κ1) is 23.9. The maximum absolute atomic E-state index is 17.0. The van der Waals surface area contributed by atoms with Crippen molar-refractivity contribution in [3.8, 4) is 0 Å². The number of rotatable bonds is 3. The number of ketones is 2. The number of aliphatic hydroxyl groups excluding tert-OH is 1. The summed E-state index contributed by atoms with van der Waals surface area (Å²) in [5, 5.41) is 22.3. The number of fused-ring (bicyclic) bond motifs is 5. The zero-order valence-electron chi connectivity index (χ0n) is 18.3. The van der Waals surface area contributed by atoms with Crippen molar-refractivity contribution in [3.63, 3.8) is 0 Å². The number of allylic oxidation sites excluding steroid dienone is 4. The molecule has 0 aromatic carbocycles. The van der Waals surface area contributed by atoms with E-state index in [-0.39, 0.29) is 18.6 Å². The molecule has 8 atom stereocenters. The highest BCUT2D eigenvalue weighted by atomic mass is 31.2. The molecule has 4 aliphatic carbocycles. The average molecular weight is 472 g/mol. The van der Waals surface area contributed by atoms with Crippen LogP contribution in [0.1, 0.15) is 46.5 Å². The highest BCUT2D eigenvalue weighted by Crippen LogP contribution is 2.67. The van der Waals surface area contributed by atoms with E-state index in [1.54, 1.807) is 20.8 Å². The number of aliphatic hydroxyl groups is 2. The lowest BCUT2D eigenvalue weighted by Gasteiger charge is -2.64. The Morgan fingerprint density at radius 1 is 1.25 bits per heavy atom. The zero-order chi connectivity index (χ0) is 23.9. The molecule has 3 saturated carbocycles. The van der Waals surface area contributed by atoms with Crippen LogP contribution in [-0.2, 0) is 18.7 Å². The van der Waals surface area contributed by atoms with Crippen LogP contribution in [0.4, 0.5) is 4.39 Å². The number of hydrogen-bond donors (Lipinski definition) is 4. The van der Waals surface area contributed by atoms with Gasteiger partial charge in [0, 0.05) is 16.7 Å². The molecule has 3 fully saturated rings. The Morgan fingerprint density at radius 2 is 1.91 bits per heavy atom. The minimum absolute atomic E-state index is 0.216. The largest absolute Gasteiger partial charge is 0.469 e. The molecule has 178 valence electrons. The van der Waals surface area contributed by atoms with E-state index < -0.39 is 66.2 Å². The molecule has 0 unspecified atom stereocenters. The van der Waals surface area contributed by atoms with Gasteiger partial charge in [-0.25, -0.2) is 8.96 Å². The van der Waals surface area contributed by atoms with Crippen LogP contribution in [0.5, 0.6) is 0 Å². The number of alkyl halides is 1. The Bertz CT molecular complexity index is 973. The SMILES string of the molecule is C[C@H]1C[C@H]2[C@@H]3CCC4=CC(=O)C=C[C@]4(C)[C@@]3(F)[C@@H](O)C[C@]2(C)C(=O)[C@@]1(O)COP(=O)(O)O. The molecular formula is C22H30FO8P. The molecule has 0 saturated heterocycles. The van der Waals surface area contributed by atoms with Crippen LogP contribution >= 0.6 is 7.82 Å². The van der Waals surface area contributed by atoms with Crippen molar-refractivity contribution in [2.24, 2.45) is 28.6 Å². The van der Waals surface area contributed by atoms with Gasteiger partial charge >= 0.3 is 7.82 Å². The fourth-order valence-corrected chi connectivity index (χ4v) is 7.31. The Hall–Kier alpha value is -1.22. The van der Waals surface area contributed by atoms with Crippen molar-refractivity contribution in [1.29, 1.82) is 0 Å². The van der Waals surface area contributed by atoms with Crippen LogP contribution in [0.15, 0.2) is 23.8 Å². The van der Waals surface area contributed by atoms with E-state index in [1.165, 1.54) is 18.2 Å². The molecule has 0 bridgehead atoms. The predicted molar refractivity (Wildman–Crippen MR) is 111 cm³/mol. The molecule has 32 heavy (non-hydrogen) atoms. The van der Waals surface area contributed by atoms with E-state index >= 15 is 4.39 Å². The molecule has 0 aromatic rings. The normalized spacial score (nSPS) is 48.6. The molecule has 0 amide bonds. The molecule has 4 rings (SSSR count). The van der Waals surface area contributed by atoms with E-state index in [0.29, 0.717) is 18.4 Å². The number of carbonyl (C=O) groups is 2. The lowest BCUT2D eigenvalue weighted by atomic mass is 9.41. The second kappa shape index (κ2) is 7.14. The van der Waals surface area contributed by atoms with Gasteiger partial charge in [0.1, 0.15) is 5.60 Å². The lowest BCUT2D eigenvalue weighted by molar-refractivity contribution is -0.225. The molecule has 0 aliphatic heterocycles. The molecule has 4 aliphatic rings. The summed E-state index contributed by atoms with van der Waals surface area (Å²) in [6, 6.07) is 0. The van der Waals surface area contributed by atoms with Crippen LogP contribution < -0.4 is 0 Å². The van der Waals surface area contributed by atoms with Crippen LogP contribution in [0.3, 0.4) is 0 Å². The smallest absolute Gasteiger partial charge is 0.390 e. The molecule has 0 spiro atoms. The molecule has 8 nitrogen and oxygen atoms in total. The second-order valence-corrected chi connectivity index (χ2v) is 11.7. The molecule has 0 aromatic heterocycles. The first-order valence-corrected chi connectivity index (χ1v) is 12.4. The molecule has 0 heterocycles. The van der Waals surface area contributed by atoms with E-state index in [0.717, 1.165) is 0 Å². The fraction of sp³-hybridized carbons (Fsp3) is 0.727. The Balaban J connectivity index is 1.74. The Labute approximate surface area is 185 Å². The summed E-state index contributed by atoms with van der Waals surface area (Å²) in [6.07, 6.45) is 3.52. The Morgan fingerprint density at radius 3 is 2.53 bits per heavy atom. The lowest BCUT2D eigenvalue weighted by Crippen LogP contribution is -2.72. The van der Waals surface area contributed by atoms with Gasteiger partial charge in [-0.05, 0) is 56.6 Å². The van der Waals surface area contributed by atoms with Crippen molar-refractivity contribution in [1.82, 2.24) is 0 Å². The molecule has 0 radical (unpaired) electrons. The van der Waals surface area contributed by atoms with Gasteiger partial charge in [0.2, 0.25) is 0 Å². The van der Waals surface area contributed by atoms with Gasteiger partial charge in [-0.1, -0.05) is 25.5 Å². The third-order valence-electron chi connectivity index (χ3n) is 8.82.